The second-order valence-corrected chi connectivity index (χ2v) is 5.33. The van der Waals surface area contributed by atoms with Gasteiger partial charge in [-0.05, 0) is 45.4 Å². The number of carbonyl (C=O) groups is 1. The average Bonchev–Trinajstić information content (AvgIpc) is 2.67. The van der Waals surface area contributed by atoms with E-state index in [4.69, 9.17) is 4.74 Å². The first-order chi connectivity index (χ1) is 8.87. The third-order valence-corrected chi connectivity index (χ3v) is 3.38. The van der Waals surface area contributed by atoms with Crippen LogP contribution in [0.3, 0.4) is 0 Å². The number of hydrogen-bond donors (Lipinski definition) is 0. The maximum Gasteiger partial charge on any atom is 0.319 e. The number of rotatable bonds is 3. The van der Waals surface area contributed by atoms with Crippen LogP contribution in [-0.2, 0) is 22.0 Å². The zero-order chi connectivity index (χ0) is 14.2. The number of aromatic nitrogens is 2. The molecule has 0 amide bonds. The summed E-state index contributed by atoms with van der Waals surface area (Å²) in [5.41, 5.74) is 2.34. The molecule has 0 fully saturated rings. The highest BCUT2D eigenvalue weighted by atomic mass is 16.5. The van der Waals surface area contributed by atoms with Crippen molar-refractivity contribution in [3.05, 3.63) is 29.6 Å². The zero-order valence-corrected chi connectivity index (χ0v) is 12.2. The van der Waals surface area contributed by atoms with Gasteiger partial charge < -0.3 is 9.30 Å². The van der Waals surface area contributed by atoms with E-state index in [2.05, 4.69) is 4.98 Å². The minimum absolute atomic E-state index is 0.245. The molecule has 2 aromatic rings. The Hall–Kier alpha value is -1.84. The lowest BCUT2D eigenvalue weighted by Crippen LogP contribution is -2.33. The van der Waals surface area contributed by atoms with Gasteiger partial charge in [-0.2, -0.15) is 0 Å². The standard InChI is InChI=1S/C15H20N2O2/c1-6-19-14(18)15(3,4)13-16-11-9-10(2)7-8-12(11)17(13)5/h7-9H,6H2,1-5H3. The number of imidazole rings is 1. The molecule has 1 aromatic heterocycles. The maximum atomic E-state index is 12.1. The molecule has 0 N–H and O–H groups in total. The quantitative estimate of drug-likeness (QED) is 0.797. The highest BCUT2D eigenvalue weighted by molar-refractivity contribution is 5.84. The summed E-state index contributed by atoms with van der Waals surface area (Å²) in [6.07, 6.45) is 0. The Labute approximate surface area is 113 Å². The molecule has 0 aliphatic rings. The fourth-order valence-corrected chi connectivity index (χ4v) is 2.27. The van der Waals surface area contributed by atoms with Gasteiger partial charge >= 0.3 is 5.97 Å². The molecule has 0 aliphatic heterocycles. The predicted octanol–water partition coefficient (Wildman–Crippen LogP) is 2.72. The van der Waals surface area contributed by atoms with Crippen molar-refractivity contribution in [1.82, 2.24) is 9.55 Å². The number of fused-ring (bicyclic) bond motifs is 1. The average molecular weight is 260 g/mol. The van der Waals surface area contributed by atoms with Crippen molar-refractivity contribution >= 4 is 17.0 Å². The van der Waals surface area contributed by atoms with Crippen LogP contribution in [0.5, 0.6) is 0 Å². The lowest BCUT2D eigenvalue weighted by molar-refractivity contribution is -0.149. The van der Waals surface area contributed by atoms with Gasteiger partial charge in [0.15, 0.2) is 0 Å². The summed E-state index contributed by atoms with van der Waals surface area (Å²) < 4.78 is 7.11. The van der Waals surface area contributed by atoms with Gasteiger partial charge in [0, 0.05) is 7.05 Å². The van der Waals surface area contributed by atoms with Crippen LogP contribution in [0.4, 0.5) is 0 Å². The smallest absolute Gasteiger partial charge is 0.319 e. The van der Waals surface area contributed by atoms with Crippen molar-refractivity contribution in [2.45, 2.75) is 33.1 Å². The van der Waals surface area contributed by atoms with Crippen molar-refractivity contribution in [3.8, 4) is 0 Å². The largest absolute Gasteiger partial charge is 0.465 e. The summed E-state index contributed by atoms with van der Waals surface area (Å²) in [7, 11) is 1.93. The van der Waals surface area contributed by atoms with Gasteiger partial charge in [0.2, 0.25) is 0 Å². The molecular weight excluding hydrogens is 240 g/mol. The number of hydrogen-bond acceptors (Lipinski definition) is 3. The number of carbonyl (C=O) groups excluding carboxylic acids is 1. The lowest BCUT2D eigenvalue weighted by Gasteiger charge is -2.21. The van der Waals surface area contributed by atoms with Crippen LogP contribution >= 0.6 is 0 Å². The zero-order valence-electron chi connectivity index (χ0n) is 12.2. The van der Waals surface area contributed by atoms with Crippen LogP contribution < -0.4 is 0 Å². The highest BCUT2D eigenvalue weighted by Gasteiger charge is 2.36. The molecule has 4 heteroatoms. The molecule has 0 unspecified atom stereocenters. The summed E-state index contributed by atoms with van der Waals surface area (Å²) in [5.74, 6) is 0.483. The lowest BCUT2D eigenvalue weighted by atomic mass is 9.92. The third kappa shape index (κ3) is 2.23. The van der Waals surface area contributed by atoms with Crippen molar-refractivity contribution in [2.24, 2.45) is 7.05 Å². The van der Waals surface area contributed by atoms with Gasteiger partial charge in [0.05, 0.1) is 17.6 Å². The van der Waals surface area contributed by atoms with Gasteiger partial charge in [-0.1, -0.05) is 6.07 Å². The maximum absolute atomic E-state index is 12.1. The van der Waals surface area contributed by atoms with E-state index in [1.54, 1.807) is 0 Å². The van der Waals surface area contributed by atoms with Crippen LogP contribution in [0.2, 0.25) is 0 Å². The molecule has 1 aromatic carbocycles. The normalized spacial score (nSPS) is 11.8. The SMILES string of the molecule is CCOC(=O)C(C)(C)c1nc2cc(C)ccc2n1C. The van der Waals surface area contributed by atoms with Crippen LogP contribution in [-0.4, -0.2) is 22.1 Å². The number of aryl methyl sites for hydroxylation is 2. The van der Waals surface area contributed by atoms with E-state index in [1.807, 2.05) is 57.5 Å². The van der Waals surface area contributed by atoms with Gasteiger partial charge in [-0.3, -0.25) is 4.79 Å². The summed E-state index contributed by atoms with van der Waals surface area (Å²) >= 11 is 0. The van der Waals surface area contributed by atoms with Crippen LogP contribution in [0, 0.1) is 6.92 Å². The first-order valence-electron chi connectivity index (χ1n) is 6.48. The fraction of sp³-hybridized carbons (Fsp3) is 0.467. The molecule has 0 aliphatic carbocycles. The van der Waals surface area contributed by atoms with E-state index in [0.717, 1.165) is 22.4 Å². The summed E-state index contributed by atoms with van der Waals surface area (Å²) in [6, 6.07) is 6.10. The van der Waals surface area contributed by atoms with Gasteiger partial charge in [-0.15, -0.1) is 0 Å². The molecule has 2 rings (SSSR count). The van der Waals surface area contributed by atoms with E-state index < -0.39 is 5.41 Å². The second-order valence-electron chi connectivity index (χ2n) is 5.33. The Morgan fingerprint density at radius 3 is 2.74 bits per heavy atom. The highest BCUT2D eigenvalue weighted by Crippen LogP contribution is 2.27. The topological polar surface area (TPSA) is 44.1 Å². The minimum Gasteiger partial charge on any atom is -0.465 e. The van der Waals surface area contributed by atoms with Crippen molar-refractivity contribution < 1.29 is 9.53 Å². The van der Waals surface area contributed by atoms with Gasteiger partial charge in [0.1, 0.15) is 11.2 Å². The third-order valence-electron chi connectivity index (χ3n) is 3.38. The van der Waals surface area contributed by atoms with Crippen LogP contribution in [0.1, 0.15) is 32.2 Å². The Kier molecular flexibility index (Phi) is 3.35. The van der Waals surface area contributed by atoms with Gasteiger partial charge in [-0.25, -0.2) is 4.98 Å². The van der Waals surface area contributed by atoms with E-state index >= 15 is 0 Å². The second kappa shape index (κ2) is 4.68. The number of benzene rings is 1. The molecule has 1 heterocycles. The van der Waals surface area contributed by atoms with Crippen LogP contribution in [0.15, 0.2) is 18.2 Å². The molecule has 0 bridgehead atoms. The summed E-state index contributed by atoms with van der Waals surface area (Å²) in [5, 5.41) is 0. The minimum atomic E-state index is -0.752. The van der Waals surface area contributed by atoms with E-state index in [0.29, 0.717) is 6.61 Å². The molecule has 0 saturated carbocycles. The molecule has 19 heavy (non-hydrogen) atoms. The predicted molar refractivity (Wildman–Crippen MR) is 75.1 cm³/mol. The van der Waals surface area contributed by atoms with E-state index in [9.17, 15) is 4.79 Å². The van der Waals surface area contributed by atoms with Crippen molar-refractivity contribution in [1.29, 1.82) is 0 Å². The van der Waals surface area contributed by atoms with E-state index in [1.165, 1.54) is 0 Å². The van der Waals surface area contributed by atoms with Crippen molar-refractivity contribution in [2.75, 3.05) is 6.61 Å². The number of nitrogens with zero attached hydrogens (tertiary/aromatic N) is 2. The molecule has 0 spiro atoms. The Balaban J connectivity index is 2.56. The Morgan fingerprint density at radius 1 is 1.42 bits per heavy atom. The molecular formula is C15H20N2O2. The molecule has 0 atom stereocenters. The molecule has 102 valence electrons. The molecule has 4 nitrogen and oxygen atoms in total. The monoisotopic (exact) mass is 260 g/mol. The first-order valence-corrected chi connectivity index (χ1v) is 6.48. The number of esters is 1. The van der Waals surface area contributed by atoms with E-state index in [-0.39, 0.29) is 5.97 Å². The molecule has 0 radical (unpaired) electrons. The van der Waals surface area contributed by atoms with Crippen LogP contribution in [0.25, 0.3) is 11.0 Å². The summed E-state index contributed by atoms with van der Waals surface area (Å²) in [6.45, 7) is 7.92. The Bertz CT molecular complexity index is 626. The Morgan fingerprint density at radius 2 is 2.11 bits per heavy atom. The summed E-state index contributed by atoms with van der Waals surface area (Å²) in [4.78, 5) is 16.7. The first kappa shape index (κ1) is 13.6. The fourth-order valence-electron chi connectivity index (χ4n) is 2.27. The number of ether oxygens (including phenoxy) is 1. The van der Waals surface area contributed by atoms with Crippen molar-refractivity contribution in [3.63, 3.8) is 0 Å². The van der Waals surface area contributed by atoms with Gasteiger partial charge in [0.25, 0.3) is 0 Å². The molecule has 0 saturated heterocycles.